The SMILES string of the molecule is CN(CC(=O)NC1CC1)C(=O)COC(=O)c1cc2c(s1)CCCCCC2. The first-order valence-corrected chi connectivity index (χ1v) is 10.2. The lowest BCUT2D eigenvalue weighted by Crippen LogP contribution is -2.40. The van der Waals surface area contributed by atoms with Gasteiger partial charge in [-0.2, -0.15) is 0 Å². The molecule has 26 heavy (non-hydrogen) atoms. The van der Waals surface area contributed by atoms with Crippen LogP contribution in [-0.2, 0) is 27.2 Å². The van der Waals surface area contributed by atoms with Gasteiger partial charge in [-0.15, -0.1) is 11.3 Å². The van der Waals surface area contributed by atoms with E-state index in [1.807, 2.05) is 6.07 Å². The van der Waals surface area contributed by atoms with Crippen LogP contribution in [0.5, 0.6) is 0 Å². The van der Waals surface area contributed by atoms with Gasteiger partial charge in [-0.1, -0.05) is 12.8 Å². The van der Waals surface area contributed by atoms with Crippen molar-refractivity contribution in [3.05, 3.63) is 21.4 Å². The summed E-state index contributed by atoms with van der Waals surface area (Å²) in [5.41, 5.74) is 1.25. The van der Waals surface area contributed by atoms with Crippen molar-refractivity contribution in [2.75, 3.05) is 20.2 Å². The van der Waals surface area contributed by atoms with Gasteiger partial charge in [0.25, 0.3) is 5.91 Å². The number of ether oxygens (including phenoxy) is 1. The quantitative estimate of drug-likeness (QED) is 0.771. The Morgan fingerprint density at radius 1 is 1.19 bits per heavy atom. The zero-order valence-corrected chi connectivity index (χ0v) is 16.0. The lowest BCUT2D eigenvalue weighted by Gasteiger charge is -2.16. The third kappa shape index (κ3) is 5.30. The van der Waals surface area contributed by atoms with Crippen LogP contribution in [0.15, 0.2) is 6.07 Å². The summed E-state index contributed by atoms with van der Waals surface area (Å²) < 4.78 is 5.17. The first kappa shape index (κ1) is 18.9. The third-order valence-corrected chi connectivity index (χ3v) is 5.99. The second-order valence-electron chi connectivity index (χ2n) is 7.14. The normalized spacial score (nSPS) is 16.8. The maximum atomic E-state index is 12.3. The highest BCUT2D eigenvalue weighted by atomic mass is 32.1. The third-order valence-electron chi connectivity index (χ3n) is 4.77. The molecule has 0 spiro atoms. The van der Waals surface area contributed by atoms with Gasteiger partial charge in [-0.25, -0.2) is 4.79 Å². The summed E-state index contributed by atoms with van der Waals surface area (Å²) in [5.74, 6) is -1.00. The van der Waals surface area contributed by atoms with Crippen LogP contribution in [-0.4, -0.2) is 48.9 Å². The van der Waals surface area contributed by atoms with Crippen LogP contribution in [0.1, 0.15) is 58.6 Å². The molecule has 6 nitrogen and oxygen atoms in total. The van der Waals surface area contributed by atoms with E-state index < -0.39 is 5.97 Å². The van der Waals surface area contributed by atoms with Gasteiger partial charge in [0.05, 0.1) is 6.54 Å². The van der Waals surface area contributed by atoms with E-state index in [0.717, 1.165) is 38.5 Å². The van der Waals surface area contributed by atoms with E-state index in [4.69, 9.17) is 4.74 Å². The van der Waals surface area contributed by atoms with Crippen molar-refractivity contribution < 1.29 is 19.1 Å². The minimum absolute atomic E-state index is 0.0137. The number of likely N-dealkylation sites (N-methyl/N-ethyl adjacent to an activating group) is 1. The molecule has 1 aromatic heterocycles. The molecule has 1 aromatic rings. The van der Waals surface area contributed by atoms with Crippen LogP contribution in [0.25, 0.3) is 0 Å². The van der Waals surface area contributed by atoms with Gasteiger partial charge >= 0.3 is 5.97 Å². The summed E-state index contributed by atoms with van der Waals surface area (Å²) in [6, 6.07) is 2.19. The molecule has 2 amide bonds. The topological polar surface area (TPSA) is 75.7 Å². The first-order valence-electron chi connectivity index (χ1n) is 9.35. The first-order chi connectivity index (χ1) is 12.5. The largest absolute Gasteiger partial charge is 0.451 e. The summed E-state index contributed by atoms with van der Waals surface area (Å²) in [6.07, 6.45) is 8.84. The Morgan fingerprint density at radius 3 is 2.65 bits per heavy atom. The van der Waals surface area contributed by atoms with Crippen LogP contribution >= 0.6 is 11.3 Å². The predicted octanol–water partition coefficient (Wildman–Crippen LogP) is 2.30. The van der Waals surface area contributed by atoms with Gasteiger partial charge in [0.2, 0.25) is 5.91 Å². The summed E-state index contributed by atoms with van der Waals surface area (Å²) in [4.78, 5) is 39.2. The molecule has 0 aliphatic heterocycles. The smallest absolute Gasteiger partial charge is 0.348 e. The van der Waals surface area contributed by atoms with Gasteiger partial charge in [0, 0.05) is 18.0 Å². The molecule has 0 radical (unpaired) electrons. The summed E-state index contributed by atoms with van der Waals surface area (Å²) in [7, 11) is 1.54. The van der Waals surface area contributed by atoms with Crippen molar-refractivity contribution in [3.63, 3.8) is 0 Å². The van der Waals surface area contributed by atoms with Crippen molar-refractivity contribution in [2.24, 2.45) is 0 Å². The van der Waals surface area contributed by atoms with Crippen LogP contribution < -0.4 is 5.32 Å². The second kappa shape index (κ2) is 8.66. The number of nitrogens with one attached hydrogen (secondary N) is 1. The number of rotatable bonds is 6. The van der Waals surface area contributed by atoms with Crippen LogP contribution in [0.3, 0.4) is 0 Å². The number of carbonyl (C=O) groups is 3. The molecule has 0 atom stereocenters. The number of nitrogens with zero attached hydrogens (tertiary/aromatic N) is 1. The van der Waals surface area contributed by atoms with Gasteiger partial charge in [-0.05, 0) is 50.2 Å². The lowest BCUT2D eigenvalue weighted by molar-refractivity contribution is -0.137. The Labute approximate surface area is 157 Å². The lowest BCUT2D eigenvalue weighted by atomic mass is 10.00. The maximum absolute atomic E-state index is 12.3. The molecule has 0 unspecified atom stereocenters. The molecule has 142 valence electrons. The number of thiophene rings is 1. The fourth-order valence-electron chi connectivity index (χ4n) is 3.06. The molecule has 0 bridgehead atoms. The van der Waals surface area contributed by atoms with E-state index in [-0.39, 0.29) is 31.0 Å². The molecule has 1 fully saturated rings. The molecule has 1 heterocycles. The Hall–Kier alpha value is -1.89. The molecule has 3 rings (SSSR count). The summed E-state index contributed by atoms with van der Waals surface area (Å²) >= 11 is 1.49. The molecule has 2 aliphatic carbocycles. The number of hydrogen-bond acceptors (Lipinski definition) is 5. The van der Waals surface area contributed by atoms with Gasteiger partial charge < -0.3 is 15.0 Å². The molecule has 1 saturated carbocycles. The molecular formula is C19H26N2O4S. The van der Waals surface area contributed by atoms with E-state index >= 15 is 0 Å². The molecule has 0 aromatic carbocycles. The van der Waals surface area contributed by atoms with E-state index in [1.54, 1.807) is 7.05 Å². The fourth-order valence-corrected chi connectivity index (χ4v) is 4.21. The Morgan fingerprint density at radius 2 is 1.92 bits per heavy atom. The molecular weight excluding hydrogens is 352 g/mol. The zero-order valence-electron chi connectivity index (χ0n) is 15.2. The standard InChI is InChI=1S/C19H26N2O4S/c1-21(11-17(22)20-14-8-9-14)18(23)12-25-19(24)16-10-13-6-4-2-3-5-7-15(13)26-16/h10,14H,2-9,11-12H2,1H3,(H,20,22). The molecule has 7 heteroatoms. The van der Waals surface area contributed by atoms with Crippen molar-refractivity contribution in [1.29, 1.82) is 0 Å². The number of aryl methyl sites for hydroxylation is 2. The molecule has 0 saturated heterocycles. The highest BCUT2D eigenvalue weighted by Gasteiger charge is 2.25. The second-order valence-corrected chi connectivity index (χ2v) is 8.28. The Balaban J connectivity index is 1.47. The average molecular weight is 378 g/mol. The summed E-state index contributed by atoms with van der Waals surface area (Å²) in [5, 5.41) is 2.83. The Kier molecular flexibility index (Phi) is 6.29. The van der Waals surface area contributed by atoms with Gasteiger partial charge in [0.1, 0.15) is 4.88 Å². The zero-order chi connectivity index (χ0) is 18.5. The highest BCUT2D eigenvalue weighted by Crippen LogP contribution is 2.28. The highest BCUT2D eigenvalue weighted by molar-refractivity contribution is 7.14. The van der Waals surface area contributed by atoms with Crippen LogP contribution in [0, 0.1) is 0 Å². The number of esters is 1. The van der Waals surface area contributed by atoms with E-state index in [0.29, 0.717) is 4.88 Å². The molecule has 1 N–H and O–H groups in total. The van der Waals surface area contributed by atoms with Crippen molar-refractivity contribution in [1.82, 2.24) is 10.2 Å². The van der Waals surface area contributed by atoms with E-state index in [9.17, 15) is 14.4 Å². The van der Waals surface area contributed by atoms with Gasteiger partial charge in [-0.3, -0.25) is 9.59 Å². The minimum Gasteiger partial charge on any atom is -0.451 e. The summed E-state index contributed by atoms with van der Waals surface area (Å²) in [6.45, 7) is -0.352. The van der Waals surface area contributed by atoms with Crippen molar-refractivity contribution in [3.8, 4) is 0 Å². The average Bonchev–Trinajstić information content (AvgIpc) is 3.31. The van der Waals surface area contributed by atoms with E-state index in [1.165, 1.54) is 39.5 Å². The predicted molar refractivity (Wildman–Crippen MR) is 99.3 cm³/mol. The van der Waals surface area contributed by atoms with Gasteiger partial charge in [0.15, 0.2) is 6.61 Å². The number of carbonyl (C=O) groups excluding carboxylic acids is 3. The fraction of sp³-hybridized carbons (Fsp3) is 0.632. The van der Waals surface area contributed by atoms with E-state index in [2.05, 4.69) is 5.32 Å². The number of hydrogen-bond donors (Lipinski definition) is 1. The number of amides is 2. The molecule has 2 aliphatic rings. The van der Waals surface area contributed by atoms with Crippen molar-refractivity contribution >= 4 is 29.1 Å². The minimum atomic E-state index is -0.453. The monoisotopic (exact) mass is 378 g/mol. The Bertz CT molecular complexity index is 656. The van der Waals surface area contributed by atoms with Crippen molar-refractivity contribution in [2.45, 2.75) is 57.4 Å². The maximum Gasteiger partial charge on any atom is 0.348 e. The number of fused-ring (bicyclic) bond motifs is 1. The van der Waals surface area contributed by atoms with Crippen LogP contribution in [0.4, 0.5) is 0 Å². The van der Waals surface area contributed by atoms with Crippen LogP contribution in [0.2, 0.25) is 0 Å².